The zero-order chi connectivity index (χ0) is 34.4. The smallest absolute Gasteiger partial charge is 0.164 e. The summed E-state index contributed by atoms with van der Waals surface area (Å²) in [4.78, 5) is 14.6. The second-order valence-corrected chi connectivity index (χ2v) is 9.70. The molecular weight excluding hydrogens is 573 g/mol. The van der Waals surface area contributed by atoms with Gasteiger partial charge >= 0.3 is 0 Å². The molecule has 4 heteroatoms. The fourth-order valence-corrected chi connectivity index (χ4v) is 4.35. The van der Waals surface area contributed by atoms with Crippen LogP contribution in [-0.4, -0.2) is 15.0 Å². The highest BCUT2D eigenvalue weighted by atomic mass is 15.0. The Morgan fingerprint density at radius 3 is 0.915 bits per heavy atom. The van der Waals surface area contributed by atoms with E-state index in [4.69, 9.17) is 15.0 Å². The molecule has 0 spiro atoms. The number of nitrogens with two attached hydrogens (primary N) is 1. The van der Waals surface area contributed by atoms with Gasteiger partial charge in [-0.15, -0.1) is 6.58 Å². The van der Waals surface area contributed by atoms with Gasteiger partial charge in [0.2, 0.25) is 0 Å². The summed E-state index contributed by atoms with van der Waals surface area (Å²) in [5, 5.41) is 0. The summed E-state index contributed by atoms with van der Waals surface area (Å²) in [5.41, 5.74) is 13.4. The first-order valence-electron chi connectivity index (χ1n) is 16.1. The molecule has 1 aromatic heterocycles. The Bertz CT molecular complexity index is 1620. The van der Waals surface area contributed by atoms with Crippen LogP contribution in [0.5, 0.6) is 0 Å². The van der Waals surface area contributed by atoms with E-state index in [0.717, 1.165) is 27.8 Å². The summed E-state index contributed by atoms with van der Waals surface area (Å²) >= 11 is 0. The minimum Gasteiger partial charge on any atom is -0.405 e. The number of benzene rings is 5. The summed E-state index contributed by atoms with van der Waals surface area (Å²) in [7, 11) is 0. The van der Waals surface area contributed by atoms with E-state index in [2.05, 4.69) is 147 Å². The zero-order valence-corrected chi connectivity index (χ0v) is 28.7. The average molecular weight is 621 g/mol. The van der Waals surface area contributed by atoms with E-state index in [1.54, 1.807) is 6.08 Å². The van der Waals surface area contributed by atoms with Crippen LogP contribution >= 0.6 is 0 Å². The van der Waals surface area contributed by atoms with Gasteiger partial charge in [-0.1, -0.05) is 179 Å². The standard InChI is InChI=1S/C34H25N3.C3H6.C2H5N.2C2H6/c1-24-12-14-29(15-13-24)32-35-33(30-20-16-27(17-21-30)25-8-4-2-5-9-25)37-34(36-32)31-22-18-28(19-23-31)26-10-6-3-7-11-26;1-3-2;1-2-3;2*1-2/h2-23H,1H3;3H,1H2,2H3;2H,1,3H2;2*1-2H3. The summed E-state index contributed by atoms with van der Waals surface area (Å²) in [6.45, 7) is 18.5. The number of nitrogens with zero attached hydrogens (tertiary/aromatic N) is 3. The summed E-state index contributed by atoms with van der Waals surface area (Å²) in [6.07, 6.45) is 3.00. The lowest BCUT2D eigenvalue weighted by molar-refractivity contribution is 1.07. The summed E-state index contributed by atoms with van der Waals surface area (Å²) in [5.74, 6) is 1.99. The number of hydrogen-bond donors (Lipinski definition) is 1. The molecule has 5 aromatic carbocycles. The van der Waals surface area contributed by atoms with Crippen molar-refractivity contribution in [3.8, 4) is 56.4 Å². The zero-order valence-electron chi connectivity index (χ0n) is 28.7. The first-order valence-corrected chi connectivity index (χ1v) is 16.1. The number of aromatic nitrogens is 3. The Balaban J connectivity index is 0.000000694. The first-order chi connectivity index (χ1) is 23.1. The Hall–Kier alpha value is -5.61. The van der Waals surface area contributed by atoms with E-state index in [-0.39, 0.29) is 0 Å². The van der Waals surface area contributed by atoms with Crippen LogP contribution < -0.4 is 5.73 Å². The molecule has 47 heavy (non-hydrogen) atoms. The number of rotatable bonds is 5. The van der Waals surface area contributed by atoms with Gasteiger partial charge in [0.25, 0.3) is 0 Å². The molecule has 0 aliphatic rings. The third-order valence-electron chi connectivity index (χ3n) is 6.45. The van der Waals surface area contributed by atoms with Crippen molar-refractivity contribution in [2.24, 2.45) is 5.73 Å². The average Bonchev–Trinajstić information content (AvgIpc) is 3.15. The molecule has 0 radical (unpaired) electrons. The van der Waals surface area contributed by atoms with E-state index in [1.165, 1.54) is 22.9 Å². The van der Waals surface area contributed by atoms with Crippen LogP contribution in [0.3, 0.4) is 0 Å². The van der Waals surface area contributed by atoms with Gasteiger partial charge in [0.1, 0.15) is 0 Å². The molecule has 0 aliphatic heterocycles. The Labute approximate surface area is 282 Å². The maximum Gasteiger partial charge on any atom is 0.164 e. The third-order valence-corrected chi connectivity index (χ3v) is 6.45. The normalized spacial score (nSPS) is 9.32. The van der Waals surface area contributed by atoms with Gasteiger partial charge in [0.15, 0.2) is 17.5 Å². The number of hydrogen-bond acceptors (Lipinski definition) is 4. The van der Waals surface area contributed by atoms with Gasteiger partial charge in [0, 0.05) is 16.7 Å². The molecule has 0 saturated heterocycles. The van der Waals surface area contributed by atoms with E-state index >= 15 is 0 Å². The van der Waals surface area contributed by atoms with Gasteiger partial charge in [-0.25, -0.2) is 15.0 Å². The second-order valence-electron chi connectivity index (χ2n) is 9.70. The molecule has 2 N–H and O–H groups in total. The van der Waals surface area contributed by atoms with Crippen molar-refractivity contribution >= 4 is 0 Å². The van der Waals surface area contributed by atoms with E-state index in [1.807, 2.05) is 46.8 Å². The molecule has 4 nitrogen and oxygen atoms in total. The third kappa shape index (κ3) is 11.4. The molecule has 0 saturated carbocycles. The molecule has 0 bridgehead atoms. The van der Waals surface area contributed by atoms with Crippen molar-refractivity contribution < 1.29 is 0 Å². The molecule has 6 rings (SSSR count). The van der Waals surface area contributed by atoms with Crippen LogP contribution in [0.4, 0.5) is 0 Å². The predicted octanol–water partition coefficient (Wildman–Crippen LogP) is 11.8. The maximum absolute atomic E-state index is 4.90. The lowest BCUT2D eigenvalue weighted by Gasteiger charge is -2.10. The topological polar surface area (TPSA) is 64.7 Å². The monoisotopic (exact) mass is 620 g/mol. The molecular formula is C43H48N4. The van der Waals surface area contributed by atoms with Crippen LogP contribution in [0.15, 0.2) is 159 Å². The quantitative estimate of drug-likeness (QED) is 0.195. The molecule has 240 valence electrons. The van der Waals surface area contributed by atoms with Gasteiger partial charge in [0.05, 0.1) is 0 Å². The highest BCUT2D eigenvalue weighted by Gasteiger charge is 2.13. The van der Waals surface area contributed by atoms with Crippen molar-refractivity contribution in [1.29, 1.82) is 0 Å². The second kappa shape index (κ2) is 21.2. The molecule has 0 fully saturated rings. The minimum atomic E-state index is 0.660. The van der Waals surface area contributed by atoms with Crippen molar-refractivity contribution in [1.82, 2.24) is 15.0 Å². The molecule has 0 unspecified atom stereocenters. The number of allylic oxidation sites excluding steroid dienone is 1. The highest BCUT2D eigenvalue weighted by molar-refractivity contribution is 5.72. The van der Waals surface area contributed by atoms with E-state index < -0.39 is 0 Å². The van der Waals surface area contributed by atoms with Gasteiger partial charge < -0.3 is 5.73 Å². The Morgan fingerprint density at radius 2 is 0.638 bits per heavy atom. The molecule has 1 heterocycles. The van der Waals surface area contributed by atoms with Crippen LogP contribution in [0.1, 0.15) is 40.2 Å². The van der Waals surface area contributed by atoms with Crippen LogP contribution in [0.2, 0.25) is 0 Å². The van der Waals surface area contributed by atoms with E-state index in [0.29, 0.717) is 17.5 Å². The molecule has 0 atom stereocenters. The van der Waals surface area contributed by atoms with Gasteiger partial charge in [-0.3, -0.25) is 0 Å². The SMILES string of the molecule is C=CC.C=CN.CC.CC.Cc1ccc(-c2nc(-c3ccc(-c4ccccc4)cc3)nc(-c3ccc(-c4ccccc4)cc3)n2)cc1. The molecule has 0 amide bonds. The van der Waals surface area contributed by atoms with Crippen LogP contribution in [0.25, 0.3) is 56.4 Å². The van der Waals surface area contributed by atoms with Crippen molar-refractivity contribution in [2.45, 2.75) is 41.5 Å². The Kier molecular flexibility index (Phi) is 16.9. The van der Waals surface area contributed by atoms with Crippen molar-refractivity contribution in [3.63, 3.8) is 0 Å². The fraction of sp³-hybridized carbons (Fsp3) is 0.140. The minimum absolute atomic E-state index is 0.660. The van der Waals surface area contributed by atoms with Crippen molar-refractivity contribution in [2.75, 3.05) is 0 Å². The Morgan fingerprint density at radius 1 is 0.426 bits per heavy atom. The number of aryl methyl sites for hydroxylation is 1. The van der Waals surface area contributed by atoms with Gasteiger partial charge in [-0.05, 0) is 42.3 Å². The molecule has 0 aliphatic carbocycles. The molecule has 6 aromatic rings. The lowest BCUT2D eigenvalue weighted by atomic mass is 10.0. The summed E-state index contributed by atoms with van der Waals surface area (Å²) in [6, 6.07) is 45.8. The van der Waals surface area contributed by atoms with Crippen LogP contribution in [0, 0.1) is 6.92 Å². The lowest BCUT2D eigenvalue weighted by Crippen LogP contribution is -2.00. The fourth-order valence-electron chi connectivity index (χ4n) is 4.35. The maximum atomic E-state index is 4.90. The van der Waals surface area contributed by atoms with Crippen LogP contribution in [-0.2, 0) is 0 Å². The predicted molar refractivity (Wildman–Crippen MR) is 205 cm³/mol. The highest BCUT2D eigenvalue weighted by Crippen LogP contribution is 2.28. The first kappa shape index (κ1) is 37.6. The van der Waals surface area contributed by atoms with Crippen molar-refractivity contribution in [3.05, 3.63) is 164 Å². The summed E-state index contributed by atoms with van der Waals surface area (Å²) < 4.78 is 0. The largest absolute Gasteiger partial charge is 0.405 e. The van der Waals surface area contributed by atoms with Gasteiger partial charge in [-0.2, -0.15) is 0 Å². The van der Waals surface area contributed by atoms with E-state index in [9.17, 15) is 0 Å².